The van der Waals surface area contributed by atoms with E-state index in [1.165, 1.54) is 19.3 Å². The molecule has 0 bridgehead atoms. The summed E-state index contributed by atoms with van der Waals surface area (Å²) in [6.07, 6.45) is 3.53. The molecule has 15 heavy (non-hydrogen) atoms. The molecule has 3 heteroatoms. The number of hydrogen-bond acceptors (Lipinski definition) is 3. The third-order valence-electron chi connectivity index (χ3n) is 2.64. The Balaban J connectivity index is 0.000000921. The highest BCUT2D eigenvalue weighted by molar-refractivity contribution is 4.76. The molecule has 1 atom stereocenters. The highest BCUT2D eigenvalue weighted by Gasteiger charge is 2.16. The van der Waals surface area contributed by atoms with Gasteiger partial charge in [0.1, 0.15) is 0 Å². The van der Waals surface area contributed by atoms with E-state index in [0.717, 1.165) is 19.8 Å². The Morgan fingerprint density at radius 2 is 1.87 bits per heavy atom. The van der Waals surface area contributed by atoms with E-state index in [2.05, 4.69) is 17.6 Å². The first-order valence-electron chi connectivity index (χ1n) is 6.35. The maximum absolute atomic E-state index is 5.32. The van der Waals surface area contributed by atoms with E-state index in [9.17, 15) is 0 Å². The van der Waals surface area contributed by atoms with Crippen molar-refractivity contribution in [3.8, 4) is 0 Å². The minimum Gasteiger partial charge on any atom is -0.381 e. The molecule has 3 nitrogen and oxygen atoms in total. The zero-order chi connectivity index (χ0) is 11.5. The average Bonchev–Trinajstić information content (AvgIpc) is 2.32. The van der Waals surface area contributed by atoms with E-state index in [1.807, 2.05) is 20.9 Å². The van der Waals surface area contributed by atoms with Gasteiger partial charge < -0.3 is 15.4 Å². The number of ether oxygens (including phenoxy) is 1. The molecule has 0 aromatic carbocycles. The number of likely N-dealkylation sites (N-methyl/N-ethyl adjacent to an activating group) is 1. The lowest BCUT2D eigenvalue weighted by molar-refractivity contribution is 0.0747. The molecule has 0 aromatic rings. The number of rotatable bonds is 5. The maximum Gasteiger partial charge on any atom is 0.0480 e. The molecular weight excluding hydrogens is 188 g/mol. The summed E-state index contributed by atoms with van der Waals surface area (Å²) in [7, 11) is 2.01. The van der Waals surface area contributed by atoms with Crippen molar-refractivity contribution >= 4 is 0 Å². The van der Waals surface area contributed by atoms with Crippen LogP contribution >= 0.6 is 0 Å². The second-order valence-electron chi connectivity index (χ2n) is 3.72. The van der Waals surface area contributed by atoms with Crippen LogP contribution in [-0.2, 0) is 4.74 Å². The van der Waals surface area contributed by atoms with E-state index in [0.29, 0.717) is 12.1 Å². The first-order valence-corrected chi connectivity index (χ1v) is 6.35. The van der Waals surface area contributed by atoms with E-state index in [1.54, 1.807) is 0 Å². The molecule has 0 saturated carbocycles. The summed E-state index contributed by atoms with van der Waals surface area (Å²) in [5, 5.41) is 6.88. The SMILES string of the molecule is CC.CCC(CNC)NC1CCOCC1. The summed E-state index contributed by atoms with van der Waals surface area (Å²) >= 11 is 0. The fourth-order valence-electron chi connectivity index (χ4n) is 1.77. The third kappa shape index (κ3) is 6.88. The Morgan fingerprint density at radius 3 is 2.33 bits per heavy atom. The minimum atomic E-state index is 0.619. The molecule has 1 aliphatic heterocycles. The van der Waals surface area contributed by atoms with Crippen LogP contribution in [0.1, 0.15) is 40.0 Å². The normalized spacial score (nSPS) is 19.2. The van der Waals surface area contributed by atoms with Crippen molar-refractivity contribution in [2.24, 2.45) is 0 Å². The van der Waals surface area contributed by atoms with Crippen molar-refractivity contribution in [1.82, 2.24) is 10.6 Å². The van der Waals surface area contributed by atoms with Crippen LogP contribution in [0.15, 0.2) is 0 Å². The Labute approximate surface area is 95.0 Å². The van der Waals surface area contributed by atoms with Crippen molar-refractivity contribution in [3.63, 3.8) is 0 Å². The molecule has 1 rings (SSSR count). The topological polar surface area (TPSA) is 33.3 Å². The van der Waals surface area contributed by atoms with Gasteiger partial charge >= 0.3 is 0 Å². The van der Waals surface area contributed by atoms with Gasteiger partial charge in [0.25, 0.3) is 0 Å². The molecule has 1 fully saturated rings. The van der Waals surface area contributed by atoms with Crippen LogP contribution in [0.4, 0.5) is 0 Å². The highest BCUT2D eigenvalue weighted by Crippen LogP contribution is 2.07. The lowest BCUT2D eigenvalue weighted by Crippen LogP contribution is -2.45. The second-order valence-corrected chi connectivity index (χ2v) is 3.72. The van der Waals surface area contributed by atoms with Crippen LogP contribution in [0.2, 0.25) is 0 Å². The van der Waals surface area contributed by atoms with Crippen molar-refractivity contribution in [2.75, 3.05) is 26.8 Å². The summed E-state index contributed by atoms with van der Waals surface area (Å²) in [5.74, 6) is 0. The molecule has 0 spiro atoms. The summed E-state index contributed by atoms with van der Waals surface area (Å²) in [5.41, 5.74) is 0. The van der Waals surface area contributed by atoms with Gasteiger partial charge in [-0.3, -0.25) is 0 Å². The number of hydrogen-bond donors (Lipinski definition) is 2. The molecular formula is C12H28N2O. The fraction of sp³-hybridized carbons (Fsp3) is 1.00. The van der Waals surface area contributed by atoms with E-state index in [-0.39, 0.29) is 0 Å². The highest BCUT2D eigenvalue weighted by atomic mass is 16.5. The molecule has 0 aromatic heterocycles. The first kappa shape index (κ1) is 14.9. The molecule has 1 heterocycles. The zero-order valence-electron chi connectivity index (χ0n) is 10.8. The minimum absolute atomic E-state index is 0.619. The van der Waals surface area contributed by atoms with Gasteiger partial charge in [-0.2, -0.15) is 0 Å². The fourth-order valence-corrected chi connectivity index (χ4v) is 1.77. The van der Waals surface area contributed by atoms with Crippen LogP contribution in [0.3, 0.4) is 0 Å². The summed E-state index contributed by atoms with van der Waals surface area (Å²) < 4.78 is 5.32. The van der Waals surface area contributed by atoms with Gasteiger partial charge in [-0.15, -0.1) is 0 Å². The van der Waals surface area contributed by atoms with Gasteiger partial charge in [0.15, 0.2) is 0 Å². The van der Waals surface area contributed by atoms with Crippen LogP contribution in [0.25, 0.3) is 0 Å². The molecule has 1 aliphatic rings. The standard InChI is InChI=1S/C10H22N2O.C2H6/c1-3-9(8-11-2)12-10-4-6-13-7-5-10;1-2/h9-12H,3-8H2,1-2H3;1-2H3. The first-order chi connectivity index (χ1) is 7.36. The van der Waals surface area contributed by atoms with Gasteiger partial charge in [-0.05, 0) is 26.3 Å². The van der Waals surface area contributed by atoms with Gasteiger partial charge in [0.05, 0.1) is 0 Å². The molecule has 2 N–H and O–H groups in total. The van der Waals surface area contributed by atoms with Crippen LogP contribution in [0.5, 0.6) is 0 Å². The predicted octanol–water partition coefficient (Wildman–Crippen LogP) is 1.78. The van der Waals surface area contributed by atoms with Crippen molar-refractivity contribution < 1.29 is 4.74 Å². The second kappa shape index (κ2) is 10.4. The van der Waals surface area contributed by atoms with Crippen molar-refractivity contribution in [2.45, 2.75) is 52.1 Å². The summed E-state index contributed by atoms with van der Waals surface area (Å²) in [4.78, 5) is 0. The van der Waals surface area contributed by atoms with Gasteiger partial charge in [-0.25, -0.2) is 0 Å². The molecule has 1 unspecified atom stereocenters. The van der Waals surface area contributed by atoms with Gasteiger partial charge in [-0.1, -0.05) is 20.8 Å². The van der Waals surface area contributed by atoms with Crippen molar-refractivity contribution in [1.29, 1.82) is 0 Å². The lowest BCUT2D eigenvalue weighted by atomic mass is 10.1. The Morgan fingerprint density at radius 1 is 1.27 bits per heavy atom. The Bertz CT molecular complexity index is 122. The smallest absolute Gasteiger partial charge is 0.0480 e. The summed E-state index contributed by atoms with van der Waals surface area (Å²) in [6, 6.07) is 1.29. The molecule has 0 radical (unpaired) electrons. The van der Waals surface area contributed by atoms with Crippen molar-refractivity contribution in [3.05, 3.63) is 0 Å². The largest absolute Gasteiger partial charge is 0.381 e. The molecule has 1 saturated heterocycles. The maximum atomic E-state index is 5.32. The van der Waals surface area contributed by atoms with Crippen LogP contribution < -0.4 is 10.6 Å². The lowest BCUT2D eigenvalue weighted by Gasteiger charge is -2.28. The molecule has 0 aliphatic carbocycles. The van der Waals surface area contributed by atoms with Gasteiger partial charge in [0.2, 0.25) is 0 Å². The average molecular weight is 216 g/mol. The Hall–Kier alpha value is -0.120. The predicted molar refractivity (Wildman–Crippen MR) is 66.3 cm³/mol. The molecule has 0 amide bonds. The van der Waals surface area contributed by atoms with E-state index in [4.69, 9.17) is 4.74 Å². The van der Waals surface area contributed by atoms with Gasteiger partial charge in [0, 0.05) is 31.8 Å². The monoisotopic (exact) mass is 216 g/mol. The third-order valence-corrected chi connectivity index (χ3v) is 2.64. The Kier molecular flexibility index (Phi) is 10.3. The quantitative estimate of drug-likeness (QED) is 0.735. The van der Waals surface area contributed by atoms with Crippen LogP contribution in [0, 0.1) is 0 Å². The van der Waals surface area contributed by atoms with Crippen LogP contribution in [-0.4, -0.2) is 38.9 Å². The number of nitrogens with one attached hydrogen (secondary N) is 2. The van der Waals surface area contributed by atoms with E-state index < -0.39 is 0 Å². The summed E-state index contributed by atoms with van der Waals surface area (Å²) in [6.45, 7) is 9.14. The van der Waals surface area contributed by atoms with E-state index >= 15 is 0 Å². The molecule has 92 valence electrons. The zero-order valence-corrected chi connectivity index (χ0v) is 10.8.